The maximum atomic E-state index is 8.99. The minimum atomic E-state index is -0.0651. The molecule has 0 bridgehead atoms. The Morgan fingerprint density at radius 3 is 3.07 bits per heavy atom. The lowest BCUT2D eigenvalue weighted by Crippen LogP contribution is -2.03. The molecular formula is C9H11N3OS. The zero-order valence-electron chi connectivity index (χ0n) is 7.84. The average molecular weight is 209 g/mol. The van der Waals surface area contributed by atoms with Crippen LogP contribution in [0.2, 0.25) is 0 Å². The van der Waals surface area contributed by atoms with Gasteiger partial charge in [0.2, 0.25) is 0 Å². The van der Waals surface area contributed by atoms with Gasteiger partial charge in [-0.25, -0.2) is 0 Å². The summed E-state index contributed by atoms with van der Waals surface area (Å²) in [4.78, 5) is 1.28. The van der Waals surface area contributed by atoms with Gasteiger partial charge in [-0.3, -0.25) is 0 Å². The van der Waals surface area contributed by atoms with E-state index in [0.717, 1.165) is 6.54 Å². The van der Waals surface area contributed by atoms with E-state index in [2.05, 4.69) is 28.6 Å². The van der Waals surface area contributed by atoms with Gasteiger partial charge in [0.05, 0.1) is 6.54 Å². The van der Waals surface area contributed by atoms with E-state index < -0.39 is 0 Å². The maximum absolute atomic E-state index is 8.99. The summed E-state index contributed by atoms with van der Waals surface area (Å²) in [7, 11) is 0. The van der Waals surface area contributed by atoms with Crippen LogP contribution in [0.1, 0.15) is 16.3 Å². The lowest BCUT2D eigenvalue weighted by Gasteiger charge is -2.03. The zero-order valence-corrected chi connectivity index (χ0v) is 8.66. The molecule has 0 radical (unpaired) electrons. The van der Waals surface area contributed by atoms with Crippen molar-refractivity contribution in [2.24, 2.45) is 0 Å². The van der Waals surface area contributed by atoms with Crippen molar-refractivity contribution in [1.82, 2.24) is 14.8 Å². The van der Waals surface area contributed by atoms with Crippen LogP contribution in [-0.4, -0.2) is 19.9 Å². The van der Waals surface area contributed by atoms with E-state index in [1.807, 2.05) is 4.57 Å². The average Bonchev–Trinajstić information content (AvgIpc) is 2.77. The largest absolute Gasteiger partial charge is 0.388 e. The van der Waals surface area contributed by atoms with Gasteiger partial charge in [-0.2, -0.15) is 0 Å². The van der Waals surface area contributed by atoms with Crippen LogP contribution in [0.25, 0.3) is 0 Å². The Bertz CT molecular complexity index is 421. The van der Waals surface area contributed by atoms with Gasteiger partial charge in [0.15, 0.2) is 5.82 Å². The van der Waals surface area contributed by atoms with Crippen LogP contribution in [0, 0.1) is 6.92 Å². The Labute approximate surface area is 85.8 Å². The van der Waals surface area contributed by atoms with Crippen LogP contribution in [0.5, 0.6) is 0 Å². The molecular weight excluding hydrogens is 198 g/mol. The quantitative estimate of drug-likeness (QED) is 0.826. The first-order chi connectivity index (χ1) is 6.81. The van der Waals surface area contributed by atoms with Crippen LogP contribution in [0.15, 0.2) is 17.8 Å². The molecule has 5 heteroatoms. The molecule has 74 valence electrons. The van der Waals surface area contributed by atoms with Gasteiger partial charge in [0.25, 0.3) is 0 Å². The van der Waals surface area contributed by atoms with Crippen molar-refractivity contribution in [2.75, 3.05) is 0 Å². The monoisotopic (exact) mass is 209 g/mol. The fraction of sp³-hybridized carbons (Fsp3) is 0.333. The van der Waals surface area contributed by atoms with Gasteiger partial charge < -0.3 is 9.67 Å². The number of hydrogen-bond donors (Lipinski definition) is 1. The number of aliphatic hydroxyl groups excluding tert-OH is 1. The molecule has 2 aromatic rings. The van der Waals surface area contributed by atoms with Crippen molar-refractivity contribution in [3.8, 4) is 0 Å². The van der Waals surface area contributed by atoms with Crippen molar-refractivity contribution in [2.45, 2.75) is 20.1 Å². The van der Waals surface area contributed by atoms with E-state index in [9.17, 15) is 0 Å². The summed E-state index contributed by atoms with van der Waals surface area (Å²) in [5.74, 6) is 0.609. The second-order valence-corrected chi connectivity index (χ2v) is 4.06. The van der Waals surface area contributed by atoms with Crippen LogP contribution >= 0.6 is 11.3 Å². The molecule has 2 rings (SSSR count). The molecule has 0 amide bonds. The van der Waals surface area contributed by atoms with Crippen LogP contribution in [0.3, 0.4) is 0 Å². The number of rotatable bonds is 3. The molecule has 0 aliphatic rings. The summed E-state index contributed by atoms with van der Waals surface area (Å²) < 4.78 is 1.86. The predicted molar refractivity (Wildman–Crippen MR) is 54.1 cm³/mol. The van der Waals surface area contributed by atoms with E-state index in [0.29, 0.717) is 5.82 Å². The summed E-state index contributed by atoms with van der Waals surface area (Å²) in [6.45, 7) is 2.76. The van der Waals surface area contributed by atoms with E-state index in [1.165, 1.54) is 10.4 Å². The second-order valence-electron chi connectivity index (χ2n) is 3.06. The third-order valence-corrected chi connectivity index (χ3v) is 3.13. The highest BCUT2D eigenvalue weighted by atomic mass is 32.1. The first kappa shape index (κ1) is 9.36. The van der Waals surface area contributed by atoms with Crippen molar-refractivity contribution < 1.29 is 5.11 Å². The summed E-state index contributed by atoms with van der Waals surface area (Å²) in [5, 5.41) is 18.6. The highest BCUT2D eigenvalue weighted by Gasteiger charge is 2.05. The van der Waals surface area contributed by atoms with E-state index in [4.69, 9.17) is 5.11 Å². The first-order valence-electron chi connectivity index (χ1n) is 4.32. The number of hydrogen-bond acceptors (Lipinski definition) is 4. The third kappa shape index (κ3) is 1.69. The molecule has 2 aromatic heterocycles. The molecule has 0 aromatic carbocycles. The van der Waals surface area contributed by atoms with Crippen molar-refractivity contribution in [3.63, 3.8) is 0 Å². The molecule has 4 nitrogen and oxygen atoms in total. The molecule has 0 saturated heterocycles. The Balaban J connectivity index is 2.22. The lowest BCUT2D eigenvalue weighted by atomic mass is 10.3. The number of aliphatic hydroxyl groups is 1. The Hall–Kier alpha value is -1.20. The minimum absolute atomic E-state index is 0.0651. The van der Waals surface area contributed by atoms with Gasteiger partial charge >= 0.3 is 0 Å². The van der Waals surface area contributed by atoms with Gasteiger partial charge in [-0.05, 0) is 23.9 Å². The molecule has 2 heterocycles. The Morgan fingerprint density at radius 1 is 1.57 bits per heavy atom. The Kier molecular flexibility index (Phi) is 2.60. The summed E-state index contributed by atoms with van der Waals surface area (Å²) in [5.41, 5.74) is 1.27. The number of aromatic nitrogens is 3. The molecule has 0 saturated carbocycles. The minimum Gasteiger partial charge on any atom is -0.388 e. The number of thiophene rings is 1. The van der Waals surface area contributed by atoms with Crippen LogP contribution in [0.4, 0.5) is 0 Å². The smallest absolute Gasteiger partial charge is 0.158 e. The molecule has 0 aliphatic carbocycles. The van der Waals surface area contributed by atoms with Gasteiger partial charge in [-0.15, -0.1) is 21.5 Å². The van der Waals surface area contributed by atoms with Crippen molar-refractivity contribution >= 4 is 11.3 Å². The normalized spacial score (nSPS) is 10.7. The lowest BCUT2D eigenvalue weighted by molar-refractivity contribution is 0.265. The van der Waals surface area contributed by atoms with Crippen molar-refractivity contribution in [3.05, 3.63) is 34.0 Å². The molecule has 0 unspecified atom stereocenters. The molecule has 0 atom stereocenters. The van der Waals surface area contributed by atoms with Gasteiger partial charge in [-0.1, -0.05) is 0 Å². The summed E-state index contributed by atoms with van der Waals surface area (Å²) >= 11 is 1.71. The van der Waals surface area contributed by atoms with E-state index in [1.54, 1.807) is 17.7 Å². The summed E-state index contributed by atoms with van der Waals surface area (Å²) in [6, 6.07) is 2.09. The standard InChI is InChI=1S/C9H11N3OS/c1-7-2-3-14-8(7)4-12-6-10-11-9(12)5-13/h2-3,6,13H,4-5H2,1H3. The number of aryl methyl sites for hydroxylation is 1. The summed E-state index contributed by atoms with van der Waals surface area (Å²) in [6.07, 6.45) is 1.64. The van der Waals surface area contributed by atoms with Crippen LogP contribution < -0.4 is 0 Å². The molecule has 14 heavy (non-hydrogen) atoms. The highest BCUT2D eigenvalue weighted by Crippen LogP contribution is 2.17. The van der Waals surface area contributed by atoms with E-state index >= 15 is 0 Å². The SMILES string of the molecule is Cc1ccsc1Cn1cnnc1CO. The molecule has 0 fully saturated rings. The molecule has 0 spiro atoms. The van der Waals surface area contributed by atoms with E-state index in [-0.39, 0.29) is 6.61 Å². The number of nitrogens with zero attached hydrogens (tertiary/aromatic N) is 3. The fourth-order valence-corrected chi connectivity index (χ4v) is 2.16. The first-order valence-corrected chi connectivity index (χ1v) is 5.19. The van der Waals surface area contributed by atoms with Gasteiger partial charge in [0, 0.05) is 4.88 Å². The zero-order chi connectivity index (χ0) is 9.97. The third-order valence-electron chi connectivity index (χ3n) is 2.12. The highest BCUT2D eigenvalue weighted by molar-refractivity contribution is 7.10. The van der Waals surface area contributed by atoms with Gasteiger partial charge in [0.1, 0.15) is 12.9 Å². The topological polar surface area (TPSA) is 50.9 Å². The molecule has 0 aliphatic heterocycles. The Morgan fingerprint density at radius 2 is 2.43 bits per heavy atom. The maximum Gasteiger partial charge on any atom is 0.158 e. The fourth-order valence-electron chi connectivity index (χ4n) is 1.25. The predicted octanol–water partition coefficient (Wildman–Crippen LogP) is 1.19. The molecule has 1 N–H and O–H groups in total. The van der Waals surface area contributed by atoms with Crippen LogP contribution in [-0.2, 0) is 13.2 Å². The van der Waals surface area contributed by atoms with Crippen molar-refractivity contribution in [1.29, 1.82) is 0 Å². The second kappa shape index (κ2) is 3.89.